The number of nitriles is 1. The third kappa shape index (κ3) is 4.51. The van der Waals surface area contributed by atoms with Gasteiger partial charge in [0.25, 0.3) is 5.91 Å². The Labute approximate surface area is 152 Å². The van der Waals surface area contributed by atoms with Gasteiger partial charge in [-0.05, 0) is 45.7 Å². The first-order valence-corrected chi connectivity index (χ1v) is 8.39. The summed E-state index contributed by atoms with van der Waals surface area (Å²) in [5.41, 5.74) is 8.01. The third-order valence-electron chi connectivity index (χ3n) is 4.17. The van der Waals surface area contributed by atoms with Crippen molar-refractivity contribution in [2.24, 2.45) is 0 Å². The normalized spacial score (nSPS) is 10.4. The van der Waals surface area contributed by atoms with E-state index in [0.29, 0.717) is 36.5 Å². The second-order valence-corrected chi connectivity index (χ2v) is 6.11. The van der Waals surface area contributed by atoms with Crippen molar-refractivity contribution < 1.29 is 14.0 Å². The van der Waals surface area contributed by atoms with Gasteiger partial charge in [-0.2, -0.15) is 10.4 Å². The number of nitrogens with zero attached hydrogens (tertiary/aromatic N) is 3. The number of aryl methyl sites for hydroxylation is 4. The number of aromatic nitrogens is 2. The second kappa shape index (κ2) is 8.34. The lowest BCUT2D eigenvalue weighted by molar-refractivity contribution is -0.121. The summed E-state index contributed by atoms with van der Waals surface area (Å²) in [5, 5.41) is 13.1. The standard InChI is InChI=1S/C18H23N5O3/c1-11-10-16(14(4)26-11)18(25)21-20-17(24)7-6-15-12(2)22-23(13(15)3)9-5-8-19/h10H,5-7,9H2,1-4H3,(H,20,24)(H,21,25). The molecule has 8 nitrogen and oxygen atoms in total. The SMILES string of the molecule is Cc1cc(C(=O)NNC(=O)CCc2c(C)nn(CCC#N)c2C)c(C)o1. The molecular weight excluding hydrogens is 334 g/mol. The minimum Gasteiger partial charge on any atom is -0.466 e. The molecule has 0 atom stereocenters. The molecule has 2 N–H and O–H groups in total. The number of carbonyl (C=O) groups is 2. The maximum absolute atomic E-state index is 12.0. The molecule has 0 aliphatic rings. The molecule has 0 saturated heterocycles. The van der Waals surface area contributed by atoms with Crippen LogP contribution in [0, 0.1) is 39.0 Å². The van der Waals surface area contributed by atoms with Crippen molar-refractivity contribution in [2.75, 3.05) is 0 Å². The molecule has 2 heterocycles. The molecular formula is C18H23N5O3. The first-order chi connectivity index (χ1) is 12.3. The Bertz CT molecular complexity index is 857. The highest BCUT2D eigenvalue weighted by atomic mass is 16.3. The van der Waals surface area contributed by atoms with E-state index >= 15 is 0 Å². The van der Waals surface area contributed by atoms with Gasteiger partial charge in [0, 0.05) is 12.1 Å². The number of hydrogen-bond acceptors (Lipinski definition) is 5. The number of amides is 2. The van der Waals surface area contributed by atoms with Crippen molar-refractivity contribution in [3.8, 4) is 6.07 Å². The minimum absolute atomic E-state index is 0.218. The van der Waals surface area contributed by atoms with E-state index in [9.17, 15) is 9.59 Å². The van der Waals surface area contributed by atoms with E-state index in [0.717, 1.165) is 17.0 Å². The van der Waals surface area contributed by atoms with E-state index < -0.39 is 5.91 Å². The maximum atomic E-state index is 12.0. The molecule has 0 aliphatic carbocycles. The number of carbonyl (C=O) groups excluding carboxylic acids is 2. The highest BCUT2D eigenvalue weighted by molar-refractivity contribution is 5.96. The maximum Gasteiger partial charge on any atom is 0.273 e. The summed E-state index contributed by atoms with van der Waals surface area (Å²) >= 11 is 0. The lowest BCUT2D eigenvalue weighted by Crippen LogP contribution is -2.41. The highest BCUT2D eigenvalue weighted by Crippen LogP contribution is 2.16. The molecule has 0 saturated carbocycles. The van der Waals surface area contributed by atoms with Gasteiger partial charge in [0.2, 0.25) is 5.91 Å². The molecule has 26 heavy (non-hydrogen) atoms. The Hall–Kier alpha value is -3.08. The van der Waals surface area contributed by atoms with Crippen molar-refractivity contribution in [1.29, 1.82) is 5.26 Å². The first-order valence-electron chi connectivity index (χ1n) is 8.39. The van der Waals surface area contributed by atoms with Crippen LogP contribution in [0.15, 0.2) is 10.5 Å². The molecule has 2 amide bonds. The third-order valence-corrected chi connectivity index (χ3v) is 4.17. The molecule has 0 fully saturated rings. The van der Waals surface area contributed by atoms with Gasteiger partial charge in [-0.3, -0.25) is 25.1 Å². The zero-order valence-corrected chi connectivity index (χ0v) is 15.5. The average Bonchev–Trinajstić information content (AvgIpc) is 3.07. The van der Waals surface area contributed by atoms with Crippen LogP contribution < -0.4 is 10.9 Å². The summed E-state index contributed by atoms with van der Waals surface area (Å²) in [6.45, 7) is 7.79. The molecule has 8 heteroatoms. The summed E-state index contributed by atoms with van der Waals surface area (Å²) in [5.74, 6) is 0.438. The van der Waals surface area contributed by atoms with Gasteiger partial charge in [-0.25, -0.2) is 0 Å². The van der Waals surface area contributed by atoms with Crippen LogP contribution in [-0.4, -0.2) is 21.6 Å². The fourth-order valence-corrected chi connectivity index (χ4v) is 2.82. The fraction of sp³-hybridized carbons (Fsp3) is 0.444. The molecule has 0 aliphatic heterocycles. The summed E-state index contributed by atoms with van der Waals surface area (Å²) in [4.78, 5) is 24.1. The largest absolute Gasteiger partial charge is 0.466 e. The van der Waals surface area contributed by atoms with Crippen molar-refractivity contribution >= 4 is 11.8 Å². The smallest absolute Gasteiger partial charge is 0.273 e. The number of rotatable bonds is 6. The van der Waals surface area contributed by atoms with Gasteiger partial charge < -0.3 is 4.42 Å². The molecule has 2 aromatic heterocycles. The molecule has 0 aromatic carbocycles. The van der Waals surface area contributed by atoms with Gasteiger partial charge in [0.05, 0.1) is 30.3 Å². The van der Waals surface area contributed by atoms with Gasteiger partial charge in [-0.15, -0.1) is 0 Å². The minimum atomic E-state index is -0.413. The van der Waals surface area contributed by atoms with Crippen LogP contribution in [0.4, 0.5) is 0 Å². The van der Waals surface area contributed by atoms with Gasteiger partial charge >= 0.3 is 0 Å². The molecule has 0 unspecified atom stereocenters. The van der Waals surface area contributed by atoms with E-state index in [1.165, 1.54) is 0 Å². The van der Waals surface area contributed by atoms with Crippen LogP contribution in [0.1, 0.15) is 51.7 Å². The van der Waals surface area contributed by atoms with Crippen molar-refractivity contribution in [3.63, 3.8) is 0 Å². The number of hydrazine groups is 1. The van der Waals surface area contributed by atoms with Gasteiger partial charge in [0.1, 0.15) is 11.5 Å². The molecule has 138 valence electrons. The zero-order chi connectivity index (χ0) is 19.3. The highest BCUT2D eigenvalue weighted by Gasteiger charge is 2.15. The number of furan rings is 1. The monoisotopic (exact) mass is 357 g/mol. The predicted octanol–water partition coefficient (Wildman–Crippen LogP) is 2.02. The van der Waals surface area contributed by atoms with Crippen LogP contribution in [0.5, 0.6) is 0 Å². The fourth-order valence-electron chi connectivity index (χ4n) is 2.82. The van der Waals surface area contributed by atoms with Crippen LogP contribution >= 0.6 is 0 Å². The average molecular weight is 357 g/mol. The number of hydrogen-bond donors (Lipinski definition) is 2. The Morgan fingerprint density at radius 2 is 2.00 bits per heavy atom. The van der Waals surface area contributed by atoms with E-state index in [1.807, 2.05) is 13.8 Å². The Morgan fingerprint density at radius 1 is 1.27 bits per heavy atom. The summed E-state index contributed by atoms with van der Waals surface area (Å²) in [6, 6.07) is 3.72. The number of nitrogens with one attached hydrogen (secondary N) is 2. The topological polar surface area (TPSA) is 113 Å². The lowest BCUT2D eigenvalue weighted by Gasteiger charge is -2.07. The molecule has 0 bridgehead atoms. The van der Waals surface area contributed by atoms with E-state index in [2.05, 4.69) is 22.0 Å². The Morgan fingerprint density at radius 3 is 2.62 bits per heavy atom. The van der Waals surface area contributed by atoms with Crippen molar-refractivity contribution in [1.82, 2.24) is 20.6 Å². The molecule has 0 spiro atoms. The Kier molecular flexibility index (Phi) is 6.17. The van der Waals surface area contributed by atoms with E-state index in [4.69, 9.17) is 9.68 Å². The van der Waals surface area contributed by atoms with Gasteiger partial charge in [0.15, 0.2) is 0 Å². The van der Waals surface area contributed by atoms with Crippen molar-refractivity contribution in [3.05, 3.63) is 40.1 Å². The molecule has 2 rings (SSSR count). The quantitative estimate of drug-likeness (QED) is 0.768. The Balaban J connectivity index is 1.87. The zero-order valence-electron chi connectivity index (χ0n) is 15.5. The lowest BCUT2D eigenvalue weighted by atomic mass is 10.1. The van der Waals surface area contributed by atoms with Gasteiger partial charge in [-0.1, -0.05) is 0 Å². The van der Waals surface area contributed by atoms with E-state index in [-0.39, 0.29) is 12.3 Å². The summed E-state index contributed by atoms with van der Waals surface area (Å²) in [7, 11) is 0. The summed E-state index contributed by atoms with van der Waals surface area (Å²) < 4.78 is 7.09. The molecule has 0 radical (unpaired) electrons. The predicted molar refractivity (Wildman–Crippen MR) is 94.0 cm³/mol. The second-order valence-electron chi connectivity index (χ2n) is 6.11. The van der Waals surface area contributed by atoms with Crippen molar-refractivity contribution in [2.45, 2.75) is 53.5 Å². The van der Waals surface area contributed by atoms with Crippen LogP contribution in [0.2, 0.25) is 0 Å². The molecule has 2 aromatic rings. The van der Waals surface area contributed by atoms with Crippen LogP contribution in [0.3, 0.4) is 0 Å². The van der Waals surface area contributed by atoms with E-state index in [1.54, 1.807) is 24.6 Å². The first kappa shape index (κ1) is 19.2. The van der Waals surface area contributed by atoms with Crippen LogP contribution in [-0.2, 0) is 17.8 Å². The van der Waals surface area contributed by atoms with Crippen LogP contribution in [0.25, 0.3) is 0 Å². The summed E-state index contributed by atoms with van der Waals surface area (Å²) in [6.07, 6.45) is 1.12.